The normalized spacial score (nSPS) is 24.8. The Labute approximate surface area is 114 Å². The molecular weight excluding hydrogens is 268 g/mol. The SMILES string of the molecule is CC(C(=O)O)c1ccc(NC(=O)C2(C)CC2(F)F)cc1. The number of carbonyl (C=O) groups excluding carboxylic acids is 1. The minimum atomic E-state index is -2.95. The smallest absolute Gasteiger partial charge is 0.310 e. The summed E-state index contributed by atoms with van der Waals surface area (Å²) < 4.78 is 26.1. The van der Waals surface area contributed by atoms with Gasteiger partial charge < -0.3 is 10.4 Å². The van der Waals surface area contributed by atoms with Gasteiger partial charge in [0.25, 0.3) is 5.92 Å². The molecule has 20 heavy (non-hydrogen) atoms. The Morgan fingerprint density at radius 1 is 1.30 bits per heavy atom. The molecule has 2 unspecified atom stereocenters. The summed E-state index contributed by atoms with van der Waals surface area (Å²) in [5, 5.41) is 11.3. The molecule has 1 aliphatic carbocycles. The molecule has 1 fully saturated rings. The van der Waals surface area contributed by atoms with Crippen LogP contribution >= 0.6 is 0 Å². The number of carboxylic acids is 1. The number of nitrogens with one attached hydrogen (secondary N) is 1. The van der Waals surface area contributed by atoms with Gasteiger partial charge in [-0.3, -0.25) is 9.59 Å². The first kappa shape index (κ1) is 14.4. The quantitative estimate of drug-likeness (QED) is 0.893. The molecule has 0 aromatic heterocycles. The number of carbonyl (C=O) groups is 2. The summed E-state index contributed by atoms with van der Waals surface area (Å²) >= 11 is 0. The van der Waals surface area contributed by atoms with Gasteiger partial charge in [0.05, 0.1) is 5.92 Å². The highest BCUT2D eigenvalue weighted by molar-refractivity contribution is 5.98. The summed E-state index contributed by atoms with van der Waals surface area (Å²) in [6.07, 6.45) is -0.444. The molecule has 0 heterocycles. The van der Waals surface area contributed by atoms with E-state index in [-0.39, 0.29) is 0 Å². The van der Waals surface area contributed by atoms with Gasteiger partial charge in [-0.1, -0.05) is 12.1 Å². The van der Waals surface area contributed by atoms with E-state index in [1.807, 2.05) is 0 Å². The molecule has 1 aromatic carbocycles. The number of amides is 1. The number of anilines is 1. The molecule has 1 aliphatic rings. The van der Waals surface area contributed by atoms with Crippen molar-refractivity contribution >= 4 is 17.6 Å². The third kappa shape index (κ3) is 2.37. The zero-order valence-corrected chi connectivity index (χ0v) is 11.1. The van der Waals surface area contributed by atoms with Crippen molar-refractivity contribution in [1.29, 1.82) is 0 Å². The topological polar surface area (TPSA) is 66.4 Å². The summed E-state index contributed by atoms with van der Waals surface area (Å²) in [6.45, 7) is 2.77. The lowest BCUT2D eigenvalue weighted by molar-refractivity contribution is -0.138. The highest BCUT2D eigenvalue weighted by Gasteiger charge is 2.72. The maximum absolute atomic E-state index is 13.1. The molecule has 0 bridgehead atoms. The van der Waals surface area contributed by atoms with E-state index in [0.29, 0.717) is 11.3 Å². The van der Waals surface area contributed by atoms with Crippen LogP contribution in [0.4, 0.5) is 14.5 Å². The second kappa shape index (κ2) is 4.54. The van der Waals surface area contributed by atoms with E-state index in [4.69, 9.17) is 5.11 Å². The molecule has 2 rings (SSSR count). The minimum Gasteiger partial charge on any atom is -0.481 e. The van der Waals surface area contributed by atoms with Crippen molar-refractivity contribution in [2.75, 3.05) is 5.32 Å². The van der Waals surface area contributed by atoms with Crippen LogP contribution in [-0.2, 0) is 9.59 Å². The lowest BCUT2D eigenvalue weighted by Gasteiger charge is -2.12. The summed E-state index contributed by atoms with van der Waals surface area (Å²) in [5.41, 5.74) is -0.682. The lowest BCUT2D eigenvalue weighted by Crippen LogP contribution is -2.26. The highest BCUT2D eigenvalue weighted by Crippen LogP contribution is 2.60. The molecule has 108 valence electrons. The van der Waals surface area contributed by atoms with E-state index in [1.165, 1.54) is 19.1 Å². The average Bonchev–Trinajstić information content (AvgIpc) is 2.90. The number of benzene rings is 1. The standard InChI is InChI=1S/C14H15F2NO3/c1-8(11(18)19)9-3-5-10(6-4-9)17-12(20)13(2)7-14(13,15)16/h3-6,8H,7H2,1-2H3,(H,17,20)(H,18,19). The Hall–Kier alpha value is -1.98. The molecule has 0 saturated heterocycles. The van der Waals surface area contributed by atoms with Crippen molar-refractivity contribution < 1.29 is 23.5 Å². The fraction of sp³-hybridized carbons (Fsp3) is 0.429. The molecule has 2 atom stereocenters. The van der Waals surface area contributed by atoms with Crippen molar-refractivity contribution in [2.24, 2.45) is 5.41 Å². The molecule has 0 radical (unpaired) electrons. The Bertz CT molecular complexity index is 556. The Morgan fingerprint density at radius 2 is 1.80 bits per heavy atom. The van der Waals surface area contributed by atoms with Crippen LogP contribution in [-0.4, -0.2) is 22.9 Å². The van der Waals surface area contributed by atoms with Gasteiger partial charge in [0.2, 0.25) is 5.91 Å². The van der Waals surface area contributed by atoms with E-state index in [1.54, 1.807) is 19.1 Å². The predicted molar refractivity (Wildman–Crippen MR) is 68.8 cm³/mol. The second-order valence-electron chi connectivity index (χ2n) is 5.35. The molecule has 2 N–H and O–H groups in total. The van der Waals surface area contributed by atoms with Gasteiger partial charge >= 0.3 is 5.97 Å². The fourth-order valence-corrected chi connectivity index (χ4v) is 1.91. The monoisotopic (exact) mass is 283 g/mol. The summed E-state index contributed by atoms with van der Waals surface area (Å²) in [6, 6.07) is 6.14. The minimum absolute atomic E-state index is 0.375. The number of rotatable bonds is 4. The number of carboxylic acid groups (broad SMARTS) is 1. The van der Waals surface area contributed by atoms with Crippen LogP contribution in [0, 0.1) is 5.41 Å². The number of aliphatic carboxylic acids is 1. The molecule has 1 amide bonds. The molecule has 1 aromatic rings. The summed E-state index contributed by atoms with van der Waals surface area (Å²) in [4.78, 5) is 22.6. The van der Waals surface area contributed by atoms with Gasteiger partial charge in [0.1, 0.15) is 5.41 Å². The van der Waals surface area contributed by atoms with Crippen molar-refractivity contribution in [3.63, 3.8) is 0 Å². The first-order valence-corrected chi connectivity index (χ1v) is 6.19. The molecular formula is C14H15F2NO3. The van der Waals surface area contributed by atoms with E-state index in [0.717, 1.165) is 0 Å². The van der Waals surface area contributed by atoms with Crippen molar-refractivity contribution in [2.45, 2.75) is 32.1 Å². The highest BCUT2D eigenvalue weighted by atomic mass is 19.3. The second-order valence-corrected chi connectivity index (χ2v) is 5.35. The number of hydrogen-bond acceptors (Lipinski definition) is 2. The maximum Gasteiger partial charge on any atom is 0.310 e. The molecule has 0 aliphatic heterocycles. The Balaban J connectivity index is 2.05. The zero-order chi connectivity index (χ0) is 15.1. The van der Waals surface area contributed by atoms with Gasteiger partial charge in [-0.05, 0) is 31.5 Å². The molecule has 6 heteroatoms. The van der Waals surface area contributed by atoms with Crippen molar-refractivity contribution in [3.8, 4) is 0 Å². The molecule has 0 spiro atoms. The van der Waals surface area contributed by atoms with Crippen LogP contribution in [0.25, 0.3) is 0 Å². The van der Waals surface area contributed by atoms with Gasteiger partial charge in [-0.25, -0.2) is 8.78 Å². The molecule has 4 nitrogen and oxygen atoms in total. The van der Waals surface area contributed by atoms with Gasteiger partial charge in [0.15, 0.2) is 0 Å². The number of halogens is 2. The zero-order valence-electron chi connectivity index (χ0n) is 11.1. The third-order valence-corrected chi connectivity index (χ3v) is 3.80. The summed E-state index contributed by atoms with van der Waals surface area (Å²) in [7, 11) is 0. The average molecular weight is 283 g/mol. The lowest BCUT2D eigenvalue weighted by atomic mass is 10.0. The van der Waals surface area contributed by atoms with Crippen LogP contribution in [0.15, 0.2) is 24.3 Å². The first-order valence-electron chi connectivity index (χ1n) is 6.19. The van der Waals surface area contributed by atoms with Gasteiger partial charge in [-0.2, -0.15) is 0 Å². The largest absolute Gasteiger partial charge is 0.481 e. The van der Waals surface area contributed by atoms with E-state index >= 15 is 0 Å². The van der Waals surface area contributed by atoms with Crippen molar-refractivity contribution in [3.05, 3.63) is 29.8 Å². The summed E-state index contributed by atoms with van der Waals surface area (Å²) in [5.74, 6) is -5.28. The Kier molecular flexibility index (Phi) is 3.28. The molecule has 1 saturated carbocycles. The third-order valence-electron chi connectivity index (χ3n) is 3.80. The predicted octanol–water partition coefficient (Wildman–Crippen LogP) is 2.86. The number of hydrogen-bond donors (Lipinski definition) is 2. The van der Waals surface area contributed by atoms with Crippen LogP contribution in [0.5, 0.6) is 0 Å². The van der Waals surface area contributed by atoms with Gasteiger partial charge in [-0.15, -0.1) is 0 Å². The van der Waals surface area contributed by atoms with Crippen LogP contribution in [0.2, 0.25) is 0 Å². The fourth-order valence-electron chi connectivity index (χ4n) is 1.91. The van der Waals surface area contributed by atoms with Crippen LogP contribution in [0.3, 0.4) is 0 Å². The van der Waals surface area contributed by atoms with Gasteiger partial charge in [0, 0.05) is 12.1 Å². The Morgan fingerprint density at radius 3 is 2.20 bits per heavy atom. The van der Waals surface area contributed by atoms with E-state index in [2.05, 4.69) is 5.32 Å². The van der Waals surface area contributed by atoms with E-state index in [9.17, 15) is 18.4 Å². The van der Waals surface area contributed by atoms with E-state index < -0.39 is 35.6 Å². The van der Waals surface area contributed by atoms with Crippen LogP contribution in [0.1, 0.15) is 31.7 Å². The maximum atomic E-state index is 13.1. The van der Waals surface area contributed by atoms with Crippen LogP contribution < -0.4 is 5.32 Å². The number of alkyl halides is 2. The van der Waals surface area contributed by atoms with Crippen molar-refractivity contribution in [1.82, 2.24) is 0 Å². The first-order chi connectivity index (χ1) is 9.17.